The van der Waals surface area contributed by atoms with Crippen LogP contribution in [0.1, 0.15) is 43.5 Å². The highest BCUT2D eigenvalue weighted by Gasteiger charge is 2.22. The quantitative estimate of drug-likeness (QED) is 0.804. The van der Waals surface area contributed by atoms with E-state index < -0.39 is 0 Å². The van der Waals surface area contributed by atoms with Gasteiger partial charge >= 0.3 is 0 Å². The van der Waals surface area contributed by atoms with Crippen LogP contribution in [0.4, 0.5) is 0 Å². The van der Waals surface area contributed by atoms with Gasteiger partial charge in [0.1, 0.15) is 0 Å². The van der Waals surface area contributed by atoms with Crippen LogP contribution in [-0.2, 0) is 23.2 Å². The number of aryl methyl sites for hydroxylation is 1. The molecule has 2 aromatic rings. The van der Waals surface area contributed by atoms with Gasteiger partial charge in [0.25, 0.3) is 0 Å². The van der Waals surface area contributed by atoms with Crippen molar-refractivity contribution < 1.29 is 4.79 Å². The van der Waals surface area contributed by atoms with Crippen molar-refractivity contribution in [3.63, 3.8) is 0 Å². The molecule has 1 amide bonds. The zero-order valence-electron chi connectivity index (χ0n) is 16.1. The molecule has 1 aromatic heterocycles. The summed E-state index contributed by atoms with van der Waals surface area (Å²) in [6.45, 7) is 11.0. The standard InChI is InChI=1S/C21H29N3OS/c1-21(2,3)18-16-26-19(22-18)9-10-20(25)24-13-11-23(12-14-24)15-17-7-5-4-6-8-17/h4-8,16H,9-15H2,1-3H3. The summed E-state index contributed by atoms with van der Waals surface area (Å²) in [5.41, 5.74) is 2.54. The number of piperazine rings is 1. The molecule has 0 spiro atoms. The monoisotopic (exact) mass is 371 g/mol. The van der Waals surface area contributed by atoms with Crippen LogP contribution in [0, 0.1) is 0 Å². The minimum absolute atomic E-state index is 0.0772. The van der Waals surface area contributed by atoms with Crippen molar-refractivity contribution in [1.29, 1.82) is 0 Å². The number of carbonyl (C=O) groups is 1. The maximum absolute atomic E-state index is 12.5. The van der Waals surface area contributed by atoms with Gasteiger partial charge in [0.2, 0.25) is 5.91 Å². The number of rotatable bonds is 5. The van der Waals surface area contributed by atoms with E-state index in [9.17, 15) is 4.79 Å². The number of carbonyl (C=O) groups excluding carboxylic acids is 1. The first kappa shape index (κ1) is 19.1. The molecule has 1 aromatic carbocycles. The largest absolute Gasteiger partial charge is 0.340 e. The number of thiazole rings is 1. The summed E-state index contributed by atoms with van der Waals surface area (Å²) in [6, 6.07) is 10.5. The lowest BCUT2D eigenvalue weighted by molar-refractivity contribution is -0.133. The average molecular weight is 372 g/mol. The molecule has 0 unspecified atom stereocenters. The first-order valence-electron chi connectivity index (χ1n) is 9.41. The van der Waals surface area contributed by atoms with E-state index in [1.165, 1.54) is 5.56 Å². The molecule has 26 heavy (non-hydrogen) atoms. The van der Waals surface area contributed by atoms with E-state index in [4.69, 9.17) is 4.98 Å². The topological polar surface area (TPSA) is 36.4 Å². The van der Waals surface area contributed by atoms with Crippen LogP contribution in [0.3, 0.4) is 0 Å². The van der Waals surface area contributed by atoms with Crippen molar-refractivity contribution in [3.8, 4) is 0 Å². The molecule has 0 atom stereocenters. The van der Waals surface area contributed by atoms with Crippen LogP contribution in [0.15, 0.2) is 35.7 Å². The molecule has 1 fully saturated rings. The van der Waals surface area contributed by atoms with E-state index in [2.05, 4.69) is 55.3 Å². The molecule has 0 radical (unpaired) electrons. The van der Waals surface area contributed by atoms with Crippen molar-refractivity contribution in [2.45, 2.75) is 45.6 Å². The summed E-state index contributed by atoms with van der Waals surface area (Å²) >= 11 is 1.68. The summed E-state index contributed by atoms with van der Waals surface area (Å²) in [4.78, 5) is 21.7. The smallest absolute Gasteiger partial charge is 0.223 e. The molecular formula is C21H29N3OS. The van der Waals surface area contributed by atoms with Gasteiger partial charge in [-0.1, -0.05) is 51.1 Å². The Morgan fingerprint density at radius 3 is 2.42 bits per heavy atom. The van der Waals surface area contributed by atoms with Gasteiger partial charge in [-0.05, 0) is 5.56 Å². The summed E-state index contributed by atoms with van der Waals surface area (Å²) in [5, 5.41) is 3.20. The Bertz CT molecular complexity index is 712. The van der Waals surface area contributed by atoms with E-state index in [-0.39, 0.29) is 11.3 Å². The van der Waals surface area contributed by atoms with Crippen LogP contribution in [-0.4, -0.2) is 46.9 Å². The minimum atomic E-state index is 0.0772. The second-order valence-electron chi connectivity index (χ2n) is 8.02. The fourth-order valence-electron chi connectivity index (χ4n) is 3.14. The average Bonchev–Trinajstić information content (AvgIpc) is 3.11. The Kier molecular flexibility index (Phi) is 6.09. The number of nitrogens with zero attached hydrogens (tertiary/aromatic N) is 3. The van der Waals surface area contributed by atoms with Crippen molar-refractivity contribution in [2.24, 2.45) is 0 Å². The minimum Gasteiger partial charge on any atom is -0.340 e. The molecule has 0 bridgehead atoms. The van der Waals surface area contributed by atoms with Crippen LogP contribution in [0.2, 0.25) is 0 Å². The van der Waals surface area contributed by atoms with Gasteiger partial charge in [0, 0.05) is 56.4 Å². The van der Waals surface area contributed by atoms with Crippen molar-refractivity contribution in [1.82, 2.24) is 14.8 Å². The lowest BCUT2D eigenvalue weighted by Crippen LogP contribution is -2.48. The van der Waals surface area contributed by atoms with Crippen molar-refractivity contribution in [3.05, 3.63) is 52.0 Å². The number of benzene rings is 1. The lowest BCUT2D eigenvalue weighted by Gasteiger charge is -2.34. The van der Waals surface area contributed by atoms with E-state index >= 15 is 0 Å². The van der Waals surface area contributed by atoms with Gasteiger partial charge in [-0.3, -0.25) is 9.69 Å². The molecule has 1 aliphatic rings. The lowest BCUT2D eigenvalue weighted by atomic mass is 9.93. The molecule has 4 nitrogen and oxygen atoms in total. The third kappa shape index (κ3) is 5.15. The van der Waals surface area contributed by atoms with E-state index in [1.54, 1.807) is 11.3 Å². The third-order valence-electron chi connectivity index (χ3n) is 4.85. The fraction of sp³-hybridized carbons (Fsp3) is 0.524. The first-order chi connectivity index (χ1) is 12.4. The predicted octanol–water partition coefficient (Wildman–Crippen LogP) is 3.72. The normalized spacial score (nSPS) is 16.0. The highest BCUT2D eigenvalue weighted by atomic mass is 32.1. The van der Waals surface area contributed by atoms with Crippen LogP contribution in [0.25, 0.3) is 0 Å². The Balaban J connectivity index is 1.43. The van der Waals surface area contributed by atoms with E-state index in [0.717, 1.165) is 49.8 Å². The van der Waals surface area contributed by atoms with Gasteiger partial charge in [-0.15, -0.1) is 11.3 Å². The van der Waals surface area contributed by atoms with Gasteiger partial charge in [0.05, 0.1) is 10.7 Å². The molecule has 5 heteroatoms. The summed E-state index contributed by atoms with van der Waals surface area (Å²) < 4.78 is 0. The highest BCUT2D eigenvalue weighted by Crippen LogP contribution is 2.24. The van der Waals surface area contributed by atoms with Crippen LogP contribution < -0.4 is 0 Å². The highest BCUT2D eigenvalue weighted by molar-refractivity contribution is 7.09. The summed E-state index contributed by atoms with van der Waals surface area (Å²) in [7, 11) is 0. The molecule has 0 saturated carbocycles. The van der Waals surface area contributed by atoms with Crippen LogP contribution >= 0.6 is 11.3 Å². The van der Waals surface area contributed by atoms with E-state index in [1.807, 2.05) is 11.0 Å². The second kappa shape index (κ2) is 8.31. The maximum Gasteiger partial charge on any atom is 0.223 e. The molecular weight excluding hydrogens is 342 g/mol. The van der Waals surface area contributed by atoms with Gasteiger partial charge in [0.15, 0.2) is 0 Å². The number of hydrogen-bond donors (Lipinski definition) is 0. The molecule has 1 aliphatic heterocycles. The summed E-state index contributed by atoms with van der Waals surface area (Å²) in [5.74, 6) is 0.261. The zero-order chi connectivity index (χ0) is 18.6. The molecule has 2 heterocycles. The number of hydrogen-bond acceptors (Lipinski definition) is 4. The Hall–Kier alpha value is -1.72. The second-order valence-corrected chi connectivity index (χ2v) is 8.96. The summed E-state index contributed by atoms with van der Waals surface area (Å²) in [6.07, 6.45) is 1.32. The third-order valence-corrected chi connectivity index (χ3v) is 5.76. The zero-order valence-corrected chi connectivity index (χ0v) is 16.9. The molecule has 3 rings (SSSR count). The van der Waals surface area contributed by atoms with Crippen LogP contribution in [0.5, 0.6) is 0 Å². The Morgan fingerprint density at radius 1 is 1.12 bits per heavy atom. The predicted molar refractivity (Wildman–Crippen MR) is 107 cm³/mol. The van der Waals surface area contributed by atoms with Gasteiger partial charge < -0.3 is 4.90 Å². The maximum atomic E-state index is 12.5. The van der Waals surface area contributed by atoms with Gasteiger partial charge in [-0.2, -0.15) is 0 Å². The van der Waals surface area contributed by atoms with E-state index in [0.29, 0.717) is 6.42 Å². The molecule has 1 saturated heterocycles. The van der Waals surface area contributed by atoms with Gasteiger partial charge in [-0.25, -0.2) is 4.98 Å². The van der Waals surface area contributed by atoms with Crippen molar-refractivity contribution >= 4 is 17.2 Å². The number of amides is 1. The molecule has 140 valence electrons. The number of aromatic nitrogens is 1. The first-order valence-corrected chi connectivity index (χ1v) is 10.3. The van der Waals surface area contributed by atoms with Crippen molar-refractivity contribution in [2.75, 3.05) is 26.2 Å². The molecule has 0 N–H and O–H groups in total. The Labute approximate surface area is 160 Å². The Morgan fingerprint density at radius 2 is 1.81 bits per heavy atom. The molecule has 0 aliphatic carbocycles. The fourth-order valence-corrected chi connectivity index (χ4v) is 4.16. The SMILES string of the molecule is CC(C)(C)c1csc(CCC(=O)N2CCN(Cc3ccccc3)CC2)n1.